The van der Waals surface area contributed by atoms with E-state index in [9.17, 15) is 0 Å². The quantitative estimate of drug-likeness (QED) is 0.613. The number of halogens is 1. The standard InChI is InChI=1S/C17H15BrN2OS/c1-21-17-9-11(3-5-14(17)18)20-16-7-8-19-15-6-4-12(22-2)10-13(15)16/h3-10H,1-2H3,(H,19,20). The molecule has 0 atom stereocenters. The summed E-state index contributed by atoms with van der Waals surface area (Å²) < 4.78 is 6.28. The van der Waals surface area contributed by atoms with Gasteiger partial charge >= 0.3 is 0 Å². The Morgan fingerprint density at radius 2 is 2.00 bits per heavy atom. The van der Waals surface area contributed by atoms with Crippen molar-refractivity contribution in [2.24, 2.45) is 0 Å². The molecule has 3 rings (SSSR count). The van der Waals surface area contributed by atoms with Gasteiger partial charge in [-0.1, -0.05) is 0 Å². The molecule has 0 aliphatic heterocycles. The third-order valence-electron chi connectivity index (χ3n) is 3.38. The first-order valence-corrected chi connectivity index (χ1v) is 8.76. The van der Waals surface area contributed by atoms with Gasteiger partial charge in [-0.15, -0.1) is 11.8 Å². The van der Waals surface area contributed by atoms with E-state index in [1.165, 1.54) is 4.90 Å². The molecule has 0 unspecified atom stereocenters. The Bertz CT molecular complexity index is 823. The number of benzene rings is 2. The van der Waals surface area contributed by atoms with E-state index >= 15 is 0 Å². The summed E-state index contributed by atoms with van der Waals surface area (Å²) in [4.78, 5) is 5.64. The molecule has 0 aliphatic rings. The Hall–Kier alpha value is -1.72. The summed E-state index contributed by atoms with van der Waals surface area (Å²) in [5.74, 6) is 0.799. The van der Waals surface area contributed by atoms with Crippen molar-refractivity contribution in [3.8, 4) is 5.75 Å². The van der Waals surface area contributed by atoms with Crippen LogP contribution in [0, 0.1) is 0 Å². The van der Waals surface area contributed by atoms with Gasteiger partial charge in [0.15, 0.2) is 0 Å². The highest BCUT2D eigenvalue weighted by Gasteiger charge is 2.06. The van der Waals surface area contributed by atoms with Crippen LogP contribution in [0.4, 0.5) is 11.4 Å². The fraction of sp³-hybridized carbons (Fsp3) is 0.118. The summed E-state index contributed by atoms with van der Waals surface area (Å²) >= 11 is 5.19. The van der Waals surface area contributed by atoms with Crippen molar-refractivity contribution in [2.45, 2.75) is 4.90 Å². The minimum absolute atomic E-state index is 0.799. The largest absolute Gasteiger partial charge is 0.495 e. The molecule has 5 heteroatoms. The topological polar surface area (TPSA) is 34.1 Å². The predicted molar refractivity (Wildman–Crippen MR) is 97.5 cm³/mol. The van der Waals surface area contributed by atoms with Gasteiger partial charge in [-0.3, -0.25) is 4.98 Å². The second-order valence-electron chi connectivity index (χ2n) is 4.72. The third kappa shape index (κ3) is 3.05. The highest BCUT2D eigenvalue weighted by molar-refractivity contribution is 9.10. The Morgan fingerprint density at radius 1 is 1.14 bits per heavy atom. The number of nitrogens with zero attached hydrogens (tertiary/aromatic N) is 1. The summed E-state index contributed by atoms with van der Waals surface area (Å²) in [5.41, 5.74) is 2.99. The molecule has 0 fully saturated rings. The van der Waals surface area contributed by atoms with Crippen LogP contribution in [0.5, 0.6) is 5.75 Å². The van der Waals surface area contributed by atoms with Crippen molar-refractivity contribution in [1.82, 2.24) is 4.98 Å². The van der Waals surface area contributed by atoms with E-state index in [4.69, 9.17) is 4.74 Å². The minimum atomic E-state index is 0.799. The van der Waals surface area contributed by atoms with Crippen LogP contribution in [0.3, 0.4) is 0 Å². The maximum atomic E-state index is 5.34. The number of thioether (sulfide) groups is 1. The first kappa shape index (κ1) is 15.2. The predicted octanol–water partition coefficient (Wildman–Crippen LogP) is 5.47. The molecule has 0 aliphatic carbocycles. The van der Waals surface area contributed by atoms with Crippen molar-refractivity contribution in [3.05, 3.63) is 53.1 Å². The van der Waals surface area contributed by atoms with Crippen molar-refractivity contribution in [2.75, 3.05) is 18.7 Å². The van der Waals surface area contributed by atoms with Crippen LogP contribution in [0.25, 0.3) is 10.9 Å². The monoisotopic (exact) mass is 374 g/mol. The van der Waals surface area contributed by atoms with Gasteiger partial charge in [-0.25, -0.2) is 0 Å². The average Bonchev–Trinajstić information content (AvgIpc) is 2.56. The number of ether oxygens (including phenoxy) is 1. The number of nitrogens with one attached hydrogen (secondary N) is 1. The summed E-state index contributed by atoms with van der Waals surface area (Å²) in [6.45, 7) is 0. The molecule has 0 saturated carbocycles. The van der Waals surface area contributed by atoms with Gasteiger partial charge in [0.05, 0.1) is 17.1 Å². The van der Waals surface area contributed by atoms with Gasteiger partial charge in [0.25, 0.3) is 0 Å². The van der Waals surface area contributed by atoms with Crippen molar-refractivity contribution in [1.29, 1.82) is 0 Å². The average molecular weight is 375 g/mol. The Morgan fingerprint density at radius 3 is 2.77 bits per heavy atom. The summed E-state index contributed by atoms with van der Waals surface area (Å²) in [6.07, 6.45) is 3.89. The lowest BCUT2D eigenvalue weighted by Gasteiger charge is -2.12. The van der Waals surface area contributed by atoms with E-state index in [0.29, 0.717) is 0 Å². The number of pyridine rings is 1. The Labute approximate surface area is 142 Å². The summed E-state index contributed by atoms with van der Waals surface area (Å²) in [7, 11) is 1.66. The van der Waals surface area contributed by atoms with Gasteiger partial charge in [0.1, 0.15) is 5.75 Å². The smallest absolute Gasteiger partial charge is 0.135 e. The second-order valence-corrected chi connectivity index (χ2v) is 6.45. The zero-order valence-electron chi connectivity index (χ0n) is 12.3. The molecular formula is C17H15BrN2OS. The molecule has 0 saturated heterocycles. The number of fused-ring (bicyclic) bond motifs is 1. The zero-order valence-corrected chi connectivity index (χ0v) is 14.7. The lowest BCUT2D eigenvalue weighted by atomic mass is 10.2. The molecule has 0 bridgehead atoms. The van der Waals surface area contributed by atoms with Crippen molar-refractivity contribution >= 4 is 50.0 Å². The molecule has 3 nitrogen and oxygen atoms in total. The molecule has 0 radical (unpaired) electrons. The number of methoxy groups -OCH3 is 1. The van der Waals surface area contributed by atoms with Gasteiger partial charge in [0, 0.05) is 33.9 Å². The van der Waals surface area contributed by atoms with Gasteiger partial charge in [-0.2, -0.15) is 0 Å². The lowest BCUT2D eigenvalue weighted by Crippen LogP contribution is -1.94. The van der Waals surface area contributed by atoms with Crippen LogP contribution >= 0.6 is 27.7 Å². The maximum Gasteiger partial charge on any atom is 0.135 e. The van der Waals surface area contributed by atoms with Crippen LogP contribution in [-0.2, 0) is 0 Å². The SMILES string of the molecule is COc1cc(Nc2ccnc3ccc(SC)cc23)ccc1Br. The van der Waals surface area contributed by atoms with Gasteiger partial charge in [-0.05, 0) is 58.6 Å². The molecule has 1 aromatic heterocycles. The third-order valence-corrected chi connectivity index (χ3v) is 4.76. The normalized spacial score (nSPS) is 10.7. The van der Waals surface area contributed by atoms with Gasteiger partial charge < -0.3 is 10.1 Å². The number of aromatic nitrogens is 1. The molecule has 1 N–H and O–H groups in total. The maximum absolute atomic E-state index is 5.34. The van der Waals surface area contributed by atoms with E-state index in [2.05, 4.69) is 50.7 Å². The van der Waals surface area contributed by atoms with E-state index in [1.54, 1.807) is 18.9 Å². The zero-order chi connectivity index (χ0) is 15.5. The molecule has 0 amide bonds. The number of anilines is 2. The highest BCUT2D eigenvalue weighted by Crippen LogP contribution is 2.32. The molecule has 1 heterocycles. The lowest BCUT2D eigenvalue weighted by molar-refractivity contribution is 0.412. The number of hydrogen-bond donors (Lipinski definition) is 1. The summed E-state index contributed by atoms with van der Waals surface area (Å²) in [5, 5.41) is 4.56. The second kappa shape index (κ2) is 6.58. The van der Waals surface area contributed by atoms with Crippen LogP contribution < -0.4 is 10.1 Å². The molecule has 112 valence electrons. The van der Waals surface area contributed by atoms with E-state index in [0.717, 1.165) is 32.5 Å². The minimum Gasteiger partial charge on any atom is -0.495 e. The summed E-state index contributed by atoms with van der Waals surface area (Å²) in [6, 6.07) is 14.2. The van der Waals surface area contributed by atoms with Crippen molar-refractivity contribution in [3.63, 3.8) is 0 Å². The van der Waals surface area contributed by atoms with Crippen molar-refractivity contribution < 1.29 is 4.74 Å². The molecule has 22 heavy (non-hydrogen) atoms. The van der Waals surface area contributed by atoms with Crippen LogP contribution in [0.1, 0.15) is 0 Å². The van der Waals surface area contributed by atoms with Crippen LogP contribution in [0.2, 0.25) is 0 Å². The van der Waals surface area contributed by atoms with E-state index < -0.39 is 0 Å². The molecular weight excluding hydrogens is 360 g/mol. The highest BCUT2D eigenvalue weighted by atomic mass is 79.9. The molecule has 0 spiro atoms. The fourth-order valence-corrected chi connectivity index (χ4v) is 3.10. The molecule has 3 aromatic rings. The fourth-order valence-electron chi connectivity index (χ4n) is 2.25. The number of rotatable bonds is 4. The van der Waals surface area contributed by atoms with E-state index in [-0.39, 0.29) is 0 Å². The van der Waals surface area contributed by atoms with E-state index in [1.807, 2.05) is 30.5 Å². The van der Waals surface area contributed by atoms with Crippen LogP contribution in [0.15, 0.2) is 58.0 Å². The first-order valence-electron chi connectivity index (χ1n) is 6.74. The first-order chi connectivity index (χ1) is 10.7. The van der Waals surface area contributed by atoms with Gasteiger partial charge in [0.2, 0.25) is 0 Å². The number of hydrogen-bond acceptors (Lipinski definition) is 4. The van der Waals surface area contributed by atoms with Crippen LogP contribution in [-0.4, -0.2) is 18.3 Å². The Balaban J connectivity index is 2.03. The Kier molecular flexibility index (Phi) is 4.55. The molecule has 2 aromatic carbocycles.